The summed E-state index contributed by atoms with van der Waals surface area (Å²) in [5.74, 6) is -0.445. The van der Waals surface area contributed by atoms with Gasteiger partial charge >= 0.3 is 11.9 Å². The molecule has 1 atom stereocenters. The number of H-pyrrole nitrogens is 1. The molecular weight excluding hydrogens is 486 g/mol. The smallest absolute Gasteiger partial charge is 0.338 e. The molecule has 0 bridgehead atoms. The zero-order valence-electron chi connectivity index (χ0n) is 21.1. The van der Waals surface area contributed by atoms with Crippen molar-refractivity contribution in [3.8, 4) is 17.0 Å². The van der Waals surface area contributed by atoms with Gasteiger partial charge in [-0.2, -0.15) is 5.10 Å². The first-order valence-electron chi connectivity index (χ1n) is 12.0. The fraction of sp³-hybridized carbons (Fsp3) is 0.172. The summed E-state index contributed by atoms with van der Waals surface area (Å²) < 4.78 is 15.2. The molecule has 0 aliphatic carbocycles. The molecule has 1 N–H and O–H groups in total. The first-order chi connectivity index (χ1) is 18.5. The highest BCUT2D eigenvalue weighted by Crippen LogP contribution is 2.45. The predicted octanol–water partition coefficient (Wildman–Crippen LogP) is 4.80. The number of nitrogens with one attached hydrogen (secondary N) is 1. The Morgan fingerprint density at radius 3 is 2.13 bits per heavy atom. The number of anilines is 1. The molecule has 0 unspecified atom stereocenters. The predicted molar refractivity (Wildman–Crippen MR) is 139 cm³/mol. The largest absolute Gasteiger partial charge is 0.497 e. The number of amides is 1. The second-order valence-electron chi connectivity index (χ2n) is 8.55. The van der Waals surface area contributed by atoms with Crippen LogP contribution in [0.15, 0.2) is 72.8 Å². The van der Waals surface area contributed by atoms with Crippen LogP contribution >= 0.6 is 0 Å². The Morgan fingerprint density at radius 2 is 1.53 bits per heavy atom. The van der Waals surface area contributed by atoms with Crippen LogP contribution in [0.4, 0.5) is 5.69 Å². The molecule has 9 nitrogen and oxygen atoms in total. The third-order valence-electron chi connectivity index (χ3n) is 6.44. The van der Waals surface area contributed by atoms with Crippen LogP contribution in [-0.2, 0) is 9.47 Å². The minimum atomic E-state index is -0.548. The number of hydrogen-bond acceptors (Lipinski definition) is 7. The molecule has 2 heterocycles. The van der Waals surface area contributed by atoms with Crippen molar-refractivity contribution < 1.29 is 28.6 Å². The molecule has 9 heteroatoms. The van der Waals surface area contributed by atoms with Crippen LogP contribution < -0.4 is 9.64 Å². The number of methoxy groups -OCH3 is 2. The quantitative estimate of drug-likeness (QED) is 0.355. The fourth-order valence-electron chi connectivity index (χ4n) is 4.59. The standard InChI is InChI=1S/C29H25N3O6/c1-4-38-29(35)20-9-13-21(14-10-20)32-26(18-5-7-19(8-6-18)28(34)37-3)23-24(30-31-25(23)27(32)33)17-11-15-22(36-2)16-12-17/h5-16,26H,4H2,1-3H3,(H,30,31)/t26-/m1/s1. The van der Waals surface area contributed by atoms with Crippen molar-refractivity contribution in [2.24, 2.45) is 0 Å². The lowest BCUT2D eigenvalue weighted by molar-refractivity contribution is 0.0525. The average Bonchev–Trinajstić information content (AvgIpc) is 3.51. The van der Waals surface area contributed by atoms with E-state index < -0.39 is 18.0 Å². The monoisotopic (exact) mass is 511 g/mol. The van der Waals surface area contributed by atoms with E-state index in [2.05, 4.69) is 10.2 Å². The van der Waals surface area contributed by atoms with Crippen molar-refractivity contribution in [3.63, 3.8) is 0 Å². The Hall–Kier alpha value is -4.92. The number of hydrogen-bond donors (Lipinski definition) is 1. The van der Waals surface area contributed by atoms with Gasteiger partial charge in [-0.1, -0.05) is 12.1 Å². The normalized spacial score (nSPS) is 14.2. The Morgan fingerprint density at radius 1 is 0.895 bits per heavy atom. The fourth-order valence-corrected chi connectivity index (χ4v) is 4.59. The Bertz CT molecular complexity index is 1490. The van der Waals surface area contributed by atoms with Crippen molar-refractivity contribution in [1.82, 2.24) is 10.2 Å². The third-order valence-corrected chi connectivity index (χ3v) is 6.44. The Balaban J connectivity index is 1.62. The zero-order chi connectivity index (χ0) is 26.8. The van der Waals surface area contributed by atoms with Gasteiger partial charge in [-0.25, -0.2) is 9.59 Å². The number of aromatic nitrogens is 2. The summed E-state index contributed by atoms with van der Waals surface area (Å²) in [7, 11) is 2.92. The van der Waals surface area contributed by atoms with E-state index in [0.717, 1.165) is 11.1 Å². The van der Waals surface area contributed by atoms with Crippen molar-refractivity contribution in [3.05, 3.63) is 101 Å². The summed E-state index contributed by atoms with van der Waals surface area (Å²) in [5.41, 5.74) is 4.67. The molecule has 3 aromatic carbocycles. The molecule has 5 rings (SSSR count). The van der Waals surface area contributed by atoms with E-state index in [1.807, 2.05) is 24.3 Å². The first-order valence-corrected chi connectivity index (χ1v) is 12.0. The van der Waals surface area contributed by atoms with Gasteiger partial charge < -0.3 is 14.2 Å². The highest BCUT2D eigenvalue weighted by Gasteiger charge is 2.43. The first kappa shape index (κ1) is 24.8. The van der Waals surface area contributed by atoms with Gasteiger partial charge in [-0.15, -0.1) is 0 Å². The number of nitrogens with zero attached hydrogens (tertiary/aromatic N) is 2. The molecule has 1 amide bonds. The molecule has 0 spiro atoms. The molecule has 0 radical (unpaired) electrons. The van der Waals surface area contributed by atoms with Crippen molar-refractivity contribution in [1.29, 1.82) is 0 Å². The zero-order valence-corrected chi connectivity index (χ0v) is 21.1. The van der Waals surface area contributed by atoms with E-state index in [0.29, 0.717) is 39.5 Å². The van der Waals surface area contributed by atoms with Gasteiger partial charge in [-0.05, 0) is 73.2 Å². The van der Waals surface area contributed by atoms with Crippen LogP contribution in [0.2, 0.25) is 0 Å². The Labute approximate surface area is 218 Å². The number of aromatic amines is 1. The summed E-state index contributed by atoms with van der Waals surface area (Å²) in [6.07, 6.45) is 0. The van der Waals surface area contributed by atoms with Gasteiger partial charge in [-0.3, -0.25) is 14.8 Å². The van der Waals surface area contributed by atoms with Crippen molar-refractivity contribution in [2.45, 2.75) is 13.0 Å². The maximum atomic E-state index is 13.7. The average molecular weight is 512 g/mol. The minimum absolute atomic E-state index is 0.266. The van der Waals surface area contributed by atoms with Crippen LogP contribution in [0, 0.1) is 0 Å². The van der Waals surface area contributed by atoms with E-state index in [1.165, 1.54) is 7.11 Å². The topological polar surface area (TPSA) is 111 Å². The summed E-state index contributed by atoms with van der Waals surface area (Å²) in [6, 6.07) is 20.5. The number of fused-ring (bicyclic) bond motifs is 1. The number of rotatable bonds is 7. The van der Waals surface area contributed by atoms with E-state index in [-0.39, 0.29) is 12.5 Å². The van der Waals surface area contributed by atoms with Crippen molar-refractivity contribution >= 4 is 23.5 Å². The number of carbonyl (C=O) groups excluding carboxylic acids is 3. The highest BCUT2D eigenvalue weighted by atomic mass is 16.5. The van der Waals surface area contributed by atoms with Crippen LogP contribution in [0.25, 0.3) is 11.3 Å². The molecule has 1 aliphatic heterocycles. The number of ether oxygens (including phenoxy) is 3. The summed E-state index contributed by atoms with van der Waals surface area (Å²) in [6.45, 7) is 2.01. The van der Waals surface area contributed by atoms with Gasteiger partial charge in [0.2, 0.25) is 0 Å². The molecule has 1 aromatic heterocycles. The number of benzene rings is 3. The molecule has 1 aliphatic rings. The van der Waals surface area contributed by atoms with E-state index in [9.17, 15) is 14.4 Å². The summed E-state index contributed by atoms with van der Waals surface area (Å²) >= 11 is 0. The number of carbonyl (C=O) groups is 3. The highest BCUT2D eigenvalue weighted by molar-refractivity contribution is 6.12. The maximum absolute atomic E-state index is 13.7. The Kier molecular flexibility index (Phi) is 6.66. The van der Waals surface area contributed by atoms with E-state index >= 15 is 0 Å². The maximum Gasteiger partial charge on any atom is 0.338 e. The number of esters is 2. The lowest BCUT2D eigenvalue weighted by Gasteiger charge is -2.26. The lowest BCUT2D eigenvalue weighted by atomic mass is 9.95. The second kappa shape index (κ2) is 10.2. The van der Waals surface area contributed by atoms with Crippen LogP contribution in [0.3, 0.4) is 0 Å². The molecule has 0 saturated heterocycles. The lowest BCUT2D eigenvalue weighted by Crippen LogP contribution is -2.29. The van der Waals surface area contributed by atoms with Crippen LogP contribution in [-0.4, -0.2) is 48.9 Å². The third kappa shape index (κ3) is 4.28. The molecule has 192 valence electrons. The molecule has 38 heavy (non-hydrogen) atoms. The molecular formula is C29H25N3O6. The summed E-state index contributed by atoms with van der Waals surface area (Å²) in [5, 5.41) is 7.41. The van der Waals surface area contributed by atoms with Crippen LogP contribution in [0.5, 0.6) is 5.75 Å². The SMILES string of the molecule is CCOC(=O)c1ccc(N2C(=O)c3[nH]nc(-c4ccc(OC)cc4)c3[C@H]2c2ccc(C(=O)OC)cc2)cc1. The van der Waals surface area contributed by atoms with E-state index in [4.69, 9.17) is 14.2 Å². The molecule has 0 saturated carbocycles. The minimum Gasteiger partial charge on any atom is -0.497 e. The molecule has 0 fully saturated rings. The van der Waals surface area contributed by atoms with Gasteiger partial charge in [0, 0.05) is 16.8 Å². The summed E-state index contributed by atoms with van der Waals surface area (Å²) in [4.78, 5) is 39.6. The van der Waals surface area contributed by atoms with Gasteiger partial charge in [0.05, 0.1) is 43.7 Å². The second-order valence-corrected chi connectivity index (χ2v) is 8.55. The van der Waals surface area contributed by atoms with Gasteiger partial charge in [0.15, 0.2) is 0 Å². The van der Waals surface area contributed by atoms with Crippen molar-refractivity contribution in [2.75, 3.05) is 25.7 Å². The van der Waals surface area contributed by atoms with E-state index in [1.54, 1.807) is 67.5 Å². The van der Waals surface area contributed by atoms with Gasteiger partial charge in [0.25, 0.3) is 5.91 Å². The van der Waals surface area contributed by atoms with Crippen LogP contribution in [0.1, 0.15) is 55.3 Å². The molecule has 4 aromatic rings. The van der Waals surface area contributed by atoms with Gasteiger partial charge in [0.1, 0.15) is 11.4 Å².